The molecule has 0 bridgehead atoms. The molecule has 0 radical (unpaired) electrons. The minimum atomic E-state index is 0.0507. The Balaban J connectivity index is 1.48. The van der Waals surface area contributed by atoms with Gasteiger partial charge in [0.25, 0.3) is 0 Å². The van der Waals surface area contributed by atoms with Crippen molar-refractivity contribution >= 4 is 0 Å². The monoisotopic (exact) mass is 366 g/mol. The van der Waals surface area contributed by atoms with E-state index in [1.807, 2.05) is 0 Å². The van der Waals surface area contributed by atoms with Crippen molar-refractivity contribution in [2.45, 2.75) is 71.0 Å². The predicted octanol–water partition coefficient (Wildman–Crippen LogP) is 6.59. The maximum atomic E-state index is 6.14. The summed E-state index contributed by atoms with van der Waals surface area (Å²) in [5.41, 5.74) is 5.27. The first-order chi connectivity index (χ1) is 13.3. The highest BCUT2D eigenvalue weighted by Gasteiger charge is 2.24. The fourth-order valence-electron chi connectivity index (χ4n) is 3.73. The molecule has 1 fully saturated rings. The van der Waals surface area contributed by atoms with Crippen molar-refractivity contribution < 1.29 is 9.47 Å². The summed E-state index contributed by atoms with van der Waals surface area (Å²) in [7, 11) is 0. The molecule has 2 aromatic carbocycles. The molecule has 0 N–H and O–H groups in total. The highest BCUT2D eigenvalue weighted by molar-refractivity contribution is 5.26. The van der Waals surface area contributed by atoms with Crippen molar-refractivity contribution in [2.75, 3.05) is 13.2 Å². The van der Waals surface area contributed by atoms with Gasteiger partial charge in [0.2, 0.25) is 0 Å². The average molecular weight is 367 g/mol. The average Bonchev–Trinajstić information content (AvgIpc) is 2.73. The Kier molecular flexibility index (Phi) is 7.92. The molecule has 0 unspecified atom stereocenters. The van der Waals surface area contributed by atoms with Crippen LogP contribution in [0.3, 0.4) is 0 Å². The number of aryl methyl sites for hydroxylation is 2. The SMILES string of the molecule is CCCCCCc1ccc([C@H]2CO[C@H](c3ccc(CCC)cc3)CO2)cc1. The van der Waals surface area contributed by atoms with Gasteiger partial charge in [-0.05, 0) is 41.5 Å². The molecule has 0 aliphatic carbocycles. The fourth-order valence-corrected chi connectivity index (χ4v) is 3.73. The molecule has 146 valence electrons. The first-order valence-electron chi connectivity index (χ1n) is 10.7. The minimum absolute atomic E-state index is 0.0507. The van der Waals surface area contributed by atoms with E-state index in [9.17, 15) is 0 Å². The molecular weight excluding hydrogens is 332 g/mol. The van der Waals surface area contributed by atoms with Crippen LogP contribution in [0, 0.1) is 0 Å². The highest BCUT2D eigenvalue weighted by Crippen LogP contribution is 2.30. The standard InChI is InChI=1S/C25H34O2/c1-3-5-6-7-9-21-12-16-23(17-13-21)25-19-26-24(18-27-25)22-14-10-20(8-4-2)11-15-22/h10-17,24-25H,3-9,18-19H2,1-2H3/t24-,25+/m0/s1. The number of unbranched alkanes of at least 4 members (excludes halogenated alkanes) is 3. The van der Waals surface area contributed by atoms with E-state index in [0.29, 0.717) is 13.2 Å². The van der Waals surface area contributed by atoms with E-state index in [0.717, 1.165) is 6.42 Å². The van der Waals surface area contributed by atoms with Gasteiger partial charge in [0.1, 0.15) is 12.2 Å². The van der Waals surface area contributed by atoms with Crippen molar-refractivity contribution in [1.29, 1.82) is 0 Å². The van der Waals surface area contributed by atoms with Gasteiger partial charge < -0.3 is 9.47 Å². The normalized spacial score (nSPS) is 19.9. The van der Waals surface area contributed by atoms with Crippen molar-refractivity contribution in [3.8, 4) is 0 Å². The molecule has 2 aromatic rings. The summed E-state index contributed by atoms with van der Waals surface area (Å²) in [5.74, 6) is 0. The van der Waals surface area contributed by atoms with Crippen LogP contribution in [0.1, 0.15) is 80.4 Å². The van der Waals surface area contributed by atoms with E-state index < -0.39 is 0 Å². The largest absolute Gasteiger partial charge is 0.368 e. The van der Waals surface area contributed by atoms with Crippen LogP contribution in [-0.4, -0.2) is 13.2 Å². The maximum Gasteiger partial charge on any atom is 0.106 e. The summed E-state index contributed by atoms with van der Waals surface area (Å²) in [4.78, 5) is 0. The Morgan fingerprint density at radius 3 is 1.59 bits per heavy atom. The number of hydrogen-bond acceptors (Lipinski definition) is 2. The summed E-state index contributed by atoms with van der Waals surface area (Å²) in [6, 6.07) is 17.7. The number of rotatable bonds is 9. The van der Waals surface area contributed by atoms with E-state index in [1.54, 1.807) is 0 Å². The van der Waals surface area contributed by atoms with E-state index >= 15 is 0 Å². The van der Waals surface area contributed by atoms with Crippen molar-refractivity contribution in [3.05, 3.63) is 70.8 Å². The van der Waals surface area contributed by atoms with Crippen LogP contribution in [0.2, 0.25) is 0 Å². The summed E-state index contributed by atoms with van der Waals surface area (Å²) in [6.07, 6.45) is 8.85. The Bertz CT molecular complexity index is 652. The summed E-state index contributed by atoms with van der Waals surface area (Å²) < 4.78 is 12.3. The smallest absolute Gasteiger partial charge is 0.106 e. The van der Waals surface area contributed by atoms with Crippen LogP contribution in [0.15, 0.2) is 48.5 Å². The lowest BCUT2D eigenvalue weighted by atomic mass is 10.0. The quantitative estimate of drug-likeness (QED) is 0.466. The molecule has 1 heterocycles. The van der Waals surface area contributed by atoms with Crippen LogP contribution < -0.4 is 0 Å². The van der Waals surface area contributed by atoms with Gasteiger partial charge in [0.05, 0.1) is 13.2 Å². The molecule has 0 saturated carbocycles. The van der Waals surface area contributed by atoms with Crippen LogP contribution in [0.25, 0.3) is 0 Å². The van der Waals surface area contributed by atoms with Gasteiger partial charge in [-0.2, -0.15) is 0 Å². The van der Waals surface area contributed by atoms with Gasteiger partial charge in [-0.1, -0.05) is 88.1 Å². The lowest BCUT2D eigenvalue weighted by molar-refractivity contribution is -0.137. The molecule has 0 amide bonds. The number of benzene rings is 2. The fraction of sp³-hybridized carbons (Fsp3) is 0.520. The molecule has 1 aliphatic heterocycles. The summed E-state index contributed by atoms with van der Waals surface area (Å²) in [6.45, 7) is 5.71. The first-order valence-corrected chi connectivity index (χ1v) is 10.7. The van der Waals surface area contributed by atoms with Gasteiger partial charge in [-0.3, -0.25) is 0 Å². The molecule has 0 spiro atoms. The van der Waals surface area contributed by atoms with Crippen molar-refractivity contribution in [3.63, 3.8) is 0 Å². The second-order valence-corrected chi connectivity index (χ2v) is 7.69. The molecule has 1 aliphatic rings. The Labute approximate surface area is 164 Å². The molecule has 3 rings (SSSR count). The van der Waals surface area contributed by atoms with Crippen molar-refractivity contribution in [1.82, 2.24) is 0 Å². The summed E-state index contributed by atoms with van der Waals surface area (Å²) >= 11 is 0. The lowest BCUT2D eigenvalue weighted by Gasteiger charge is -2.30. The molecule has 0 aromatic heterocycles. The van der Waals surface area contributed by atoms with E-state index in [4.69, 9.17) is 9.47 Å². The predicted molar refractivity (Wildman–Crippen MR) is 112 cm³/mol. The Morgan fingerprint density at radius 2 is 1.15 bits per heavy atom. The molecule has 2 heteroatoms. The lowest BCUT2D eigenvalue weighted by Crippen LogP contribution is -2.25. The number of ether oxygens (including phenoxy) is 2. The van der Waals surface area contributed by atoms with E-state index in [-0.39, 0.29) is 12.2 Å². The van der Waals surface area contributed by atoms with Gasteiger partial charge >= 0.3 is 0 Å². The van der Waals surface area contributed by atoms with Gasteiger partial charge in [0, 0.05) is 0 Å². The van der Waals surface area contributed by atoms with Crippen molar-refractivity contribution in [2.24, 2.45) is 0 Å². The van der Waals surface area contributed by atoms with Crippen LogP contribution >= 0.6 is 0 Å². The van der Waals surface area contributed by atoms with Gasteiger partial charge in [-0.15, -0.1) is 0 Å². The Morgan fingerprint density at radius 1 is 0.630 bits per heavy atom. The van der Waals surface area contributed by atoms with E-state index in [1.165, 1.54) is 60.8 Å². The summed E-state index contributed by atoms with van der Waals surface area (Å²) in [5, 5.41) is 0. The van der Waals surface area contributed by atoms with E-state index in [2.05, 4.69) is 62.4 Å². The minimum Gasteiger partial charge on any atom is -0.368 e. The highest BCUT2D eigenvalue weighted by atomic mass is 16.6. The van der Waals surface area contributed by atoms with Gasteiger partial charge in [0.15, 0.2) is 0 Å². The molecule has 1 saturated heterocycles. The third kappa shape index (κ3) is 5.92. The zero-order valence-electron chi connectivity index (χ0n) is 17.0. The van der Waals surface area contributed by atoms with Gasteiger partial charge in [-0.25, -0.2) is 0 Å². The molecule has 2 nitrogen and oxygen atoms in total. The second kappa shape index (κ2) is 10.6. The number of hydrogen-bond donors (Lipinski definition) is 0. The Hall–Kier alpha value is -1.64. The maximum absolute atomic E-state index is 6.14. The third-order valence-electron chi connectivity index (χ3n) is 5.46. The molecular formula is C25H34O2. The van der Waals surface area contributed by atoms with Crippen LogP contribution in [0.5, 0.6) is 0 Å². The first kappa shape index (κ1) is 20.1. The van der Waals surface area contributed by atoms with Crippen LogP contribution in [-0.2, 0) is 22.3 Å². The zero-order chi connectivity index (χ0) is 18.9. The second-order valence-electron chi connectivity index (χ2n) is 7.69. The van der Waals surface area contributed by atoms with Crippen LogP contribution in [0.4, 0.5) is 0 Å². The zero-order valence-corrected chi connectivity index (χ0v) is 17.0. The molecule has 2 atom stereocenters. The molecule has 27 heavy (non-hydrogen) atoms. The third-order valence-corrected chi connectivity index (χ3v) is 5.46. The topological polar surface area (TPSA) is 18.5 Å².